The molecular formula is C78H51BN4. The molecule has 0 saturated heterocycles. The second-order valence-electron chi connectivity index (χ2n) is 22.0. The molecule has 2 aromatic heterocycles. The summed E-state index contributed by atoms with van der Waals surface area (Å²) in [7, 11) is 0. The molecule has 2 aliphatic rings. The summed E-state index contributed by atoms with van der Waals surface area (Å²) < 4.78 is 4.97. The molecular weight excluding hydrogens is 1000 g/mol. The van der Waals surface area contributed by atoms with E-state index in [0.29, 0.717) is 0 Å². The molecule has 0 atom stereocenters. The summed E-state index contributed by atoms with van der Waals surface area (Å²) in [6.45, 7) is -0.0748. The first kappa shape index (κ1) is 47.0. The summed E-state index contributed by atoms with van der Waals surface area (Å²) in [4.78, 5) is 5.02. The summed E-state index contributed by atoms with van der Waals surface area (Å²) in [5, 5.41) is 4.89. The van der Waals surface area contributed by atoms with Gasteiger partial charge in [0.25, 0.3) is 6.71 Å². The fourth-order valence-electron chi connectivity index (χ4n) is 13.7. The smallest absolute Gasteiger partial charge is 0.252 e. The monoisotopic (exact) mass is 1050 g/mol. The highest BCUT2D eigenvalue weighted by molar-refractivity contribution is 7.00. The second kappa shape index (κ2) is 18.9. The number of anilines is 6. The van der Waals surface area contributed by atoms with E-state index >= 15 is 0 Å². The predicted octanol–water partition coefficient (Wildman–Crippen LogP) is 18.6. The predicted molar refractivity (Wildman–Crippen MR) is 351 cm³/mol. The van der Waals surface area contributed by atoms with Crippen LogP contribution in [-0.4, -0.2) is 15.8 Å². The van der Waals surface area contributed by atoms with Crippen LogP contribution in [0.3, 0.4) is 0 Å². The molecule has 0 fully saturated rings. The lowest BCUT2D eigenvalue weighted by molar-refractivity contribution is 1.17. The minimum atomic E-state index is -0.0748. The van der Waals surface area contributed by atoms with E-state index in [1.807, 2.05) is 0 Å². The molecule has 5 heteroatoms. The molecule has 0 saturated carbocycles. The van der Waals surface area contributed by atoms with Gasteiger partial charge in [-0.2, -0.15) is 0 Å². The lowest BCUT2D eigenvalue weighted by Gasteiger charge is -2.44. The molecule has 4 nitrogen and oxygen atoms in total. The lowest BCUT2D eigenvalue weighted by Crippen LogP contribution is -2.61. The van der Waals surface area contributed by atoms with Crippen molar-refractivity contribution >= 4 is 101 Å². The Balaban J connectivity index is 0.889. The molecule has 13 aromatic carbocycles. The minimum absolute atomic E-state index is 0.0748. The molecule has 0 bridgehead atoms. The van der Waals surface area contributed by atoms with Gasteiger partial charge in [-0.05, 0) is 170 Å². The first-order valence-electron chi connectivity index (χ1n) is 28.7. The number of nitrogens with zero attached hydrogens (tertiary/aromatic N) is 4. The number of hydrogen-bond acceptors (Lipinski definition) is 2. The lowest BCUT2D eigenvalue weighted by atomic mass is 9.33. The van der Waals surface area contributed by atoms with Crippen molar-refractivity contribution in [2.45, 2.75) is 0 Å². The van der Waals surface area contributed by atoms with Gasteiger partial charge in [-0.3, -0.25) is 0 Å². The normalized spacial score (nSPS) is 12.5. The highest BCUT2D eigenvalue weighted by atomic mass is 15.2. The van der Waals surface area contributed by atoms with Crippen LogP contribution in [0, 0.1) is 0 Å². The molecule has 2 aliphatic heterocycles. The van der Waals surface area contributed by atoms with Gasteiger partial charge in [0.1, 0.15) is 0 Å². The van der Waals surface area contributed by atoms with Crippen molar-refractivity contribution in [3.8, 4) is 55.9 Å². The Kier molecular flexibility index (Phi) is 10.7. The fourth-order valence-corrected chi connectivity index (χ4v) is 13.7. The molecule has 386 valence electrons. The van der Waals surface area contributed by atoms with Crippen LogP contribution >= 0.6 is 0 Å². The van der Waals surface area contributed by atoms with E-state index in [1.54, 1.807) is 0 Å². The van der Waals surface area contributed by atoms with E-state index in [4.69, 9.17) is 0 Å². The maximum atomic E-state index is 2.51. The number of rotatable bonds is 8. The molecule has 0 radical (unpaired) electrons. The van der Waals surface area contributed by atoms with Crippen molar-refractivity contribution in [3.63, 3.8) is 0 Å². The zero-order valence-corrected chi connectivity index (χ0v) is 45.3. The van der Waals surface area contributed by atoms with Crippen molar-refractivity contribution in [2.24, 2.45) is 0 Å². The highest BCUT2D eigenvalue weighted by Gasteiger charge is 2.43. The van der Waals surface area contributed by atoms with Gasteiger partial charge in [-0.15, -0.1) is 0 Å². The van der Waals surface area contributed by atoms with Crippen LogP contribution in [0.2, 0.25) is 0 Å². The van der Waals surface area contributed by atoms with Crippen molar-refractivity contribution < 1.29 is 0 Å². The summed E-state index contributed by atoms with van der Waals surface area (Å²) in [5.74, 6) is 0. The summed E-state index contributed by atoms with van der Waals surface area (Å²) in [6.07, 6.45) is 0. The van der Waals surface area contributed by atoms with Gasteiger partial charge < -0.3 is 18.9 Å². The minimum Gasteiger partial charge on any atom is -0.311 e. The molecule has 17 rings (SSSR count). The zero-order chi connectivity index (χ0) is 54.5. The van der Waals surface area contributed by atoms with Crippen LogP contribution in [0.5, 0.6) is 0 Å². The number of benzene rings is 13. The Hall–Kier alpha value is -10.9. The summed E-state index contributed by atoms with van der Waals surface area (Å²) >= 11 is 0. The fraction of sp³-hybridized carbons (Fsp3) is 0. The topological polar surface area (TPSA) is 16.3 Å². The molecule has 15 aromatic rings. The molecule has 0 spiro atoms. The van der Waals surface area contributed by atoms with E-state index in [0.717, 1.165) is 34.1 Å². The quantitative estimate of drug-likeness (QED) is 0.141. The summed E-state index contributed by atoms with van der Waals surface area (Å²) in [5.41, 5.74) is 27.2. The van der Waals surface area contributed by atoms with Gasteiger partial charge in [0.2, 0.25) is 0 Å². The number of hydrogen-bond donors (Lipinski definition) is 0. The standard InChI is InChI=1S/C78H51BN4/c1-7-20-52(21-8-1)56-34-42-70-64(46-56)65-47-57(53-22-9-2-10-23-53)35-43-71(65)82(70)62-38-40-68-76(50-62)80(60-28-15-5-16-29-60)74-32-19-33-75-78(74)79(68)69-41-39-63(51-77(69)81(75)61-30-17-6-18-31-61)83-72-44-36-58(54-24-11-3-12-25-54)48-66(72)67-49-59(37-45-73(67)83)55-26-13-4-14-27-55/h1-51H. The van der Waals surface area contributed by atoms with Crippen LogP contribution in [-0.2, 0) is 0 Å². The Morgan fingerprint density at radius 1 is 0.205 bits per heavy atom. The van der Waals surface area contributed by atoms with Crippen molar-refractivity contribution in [3.05, 3.63) is 309 Å². The van der Waals surface area contributed by atoms with Crippen molar-refractivity contribution in [2.75, 3.05) is 9.80 Å². The third kappa shape index (κ3) is 7.48. The molecule has 4 heterocycles. The third-order valence-corrected chi connectivity index (χ3v) is 17.5. The van der Waals surface area contributed by atoms with Crippen LogP contribution in [0.25, 0.3) is 99.5 Å². The largest absolute Gasteiger partial charge is 0.311 e. The highest BCUT2D eigenvalue weighted by Crippen LogP contribution is 2.47. The Labute approximate surface area is 482 Å². The number of aromatic nitrogens is 2. The van der Waals surface area contributed by atoms with Gasteiger partial charge in [0, 0.05) is 67.0 Å². The SMILES string of the molecule is c1ccc(-c2ccc3c(c2)c2cc(-c4ccccc4)ccc2n3-c2ccc3c(c2)N(c2ccccc2)c2cccc4c2B3c2ccc(-n3c5ccc(-c6ccccc6)cc5c5cc(-c6ccccc6)ccc53)cc2N4c2ccccc2)cc1. The maximum absolute atomic E-state index is 2.51. The maximum Gasteiger partial charge on any atom is 0.252 e. The van der Waals surface area contributed by atoms with Crippen LogP contribution in [0.1, 0.15) is 0 Å². The average Bonchev–Trinajstić information content (AvgIpc) is 2.16. The van der Waals surface area contributed by atoms with E-state index in [1.165, 1.54) is 116 Å². The Morgan fingerprint density at radius 2 is 0.506 bits per heavy atom. The van der Waals surface area contributed by atoms with E-state index < -0.39 is 0 Å². The van der Waals surface area contributed by atoms with E-state index in [9.17, 15) is 0 Å². The first-order chi connectivity index (χ1) is 41.2. The molecule has 0 amide bonds. The molecule has 0 N–H and O–H groups in total. The van der Waals surface area contributed by atoms with Gasteiger partial charge >= 0.3 is 0 Å². The van der Waals surface area contributed by atoms with E-state index in [-0.39, 0.29) is 6.71 Å². The van der Waals surface area contributed by atoms with Crippen molar-refractivity contribution in [1.82, 2.24) is 9.13 Å². The number of fused-ring (bicyclic) bond motifs is 10. The zero-order valence-electron chi connectivity index (χ0n) is 45.3. The van der Waals surface area contributed by atoms with Crippen LogP contribution in [0.4, 0.5) is 34.1 Å². The summed E-state index contributed by atoms with van der Waals surface area (Å²) in [6, 6.07) is 114. The average molecular weight is 1060 g/mol. The van der Waals surface area contributed by atoms with Gasteiger partial charge in [0.15, 0.2) is 0 Å². The van der Waals surface area contributed by atoms with Gasteiger partial charge in [-0.1, -0.05) is 200 Å². The first-order valence-corrected chi connectivity index (χ1v) is 28.7. The third-order valence-electron chi connectivity index (χ3n) is 17.5. The Bertz CT molecular complexity index is 4510. The molecule has 83 heavy (non-hydrogen) atoms. The van der Waals surface area contributed by atoms with Crippen LogP contribution < -0.4 is 26.2 Å². The van der Waals surface area contributed by atoms with Crippen molar-refractivity contribution in [1.29, 1.82) is 0 Å². The molecule has 0 aliphatic carbocycles. The van der Waals surface area contributed by atoms with Crippen LogP contribution in [0.15, 0.2) is 309 Å². The van der Waals surface area contributed by atoms with Gasteiger partial charge in [-0.25, -0.2) is 0 Å². The molecule has 0 unspecified atom stereocenters. The van der Waals surface area contributed by atoms with Gasteiger partial charge in [0.05, 0.1) is 22.1 Å². The number of para-hydroxylation sites is 2. The Morgan fingerprint density at radius 3 is 0.819 bits per heavy atom. The van der Waals surface area contributed by atoms with E-state index in [2.05, 4.69) is 328 Å². The second-order valence-corrected chi connectivity index (χ2v) is 22.0.